The van der Waals surface area contributed by atoms with Crippen molar-refractivity contribution >= 4 is 23.7 Å². The summed E-state index contributed by atoms with van der Waals surface area (Å²) >= 11 is 0. The van der Waals surface area contributed by atoms with E-state index in [-0.39, 0.29) is 22.6 Å². The monoisotopic (exact) mass is 417 g/mol. The maximum Gasteiger partial charge on any atom is 0.273 e. The van der Waals surface area contributed by atoms with Crippen LogP contribution in [0.4, 0.5) is 10.1 Å². The number of nitrogens with one attached hydrogen (secondary N) is 2. The lowest BCUT2D eigenvalue weighted by atomic mass is 10.1. The van der Waals surface area contributed by atoms with Crippen LogP contribution in [0.15, 0.2) is 84.5 Å². The van der Waals surface area contributed by atoms with Crippen LogP contribution in [-0.4, -0.2) is 23.1 Å². The molecule has 3 rings (SSSR count). The van der Waals surface area contributed by atoms with Gasteiger partial charge in [0.2, 0.25) is 0 Å². The van der Waals surface area contributed by atoms with Crippen molar-refractivity contribution in [3.05, 3.63) is 107 Å². The standard InChI is InChI=1S/C24H20FN3O3/c1-2-8-16-9-7-10-17(22(16)29)15-26-28-24(31)19-12-4-6-14-21(19)27-23(30)18-11-3-5-13-20(18)25/h2-7,9-15,29H,1,8H2,(H,27,30)(H,28,31). The molecule has 0 saturated carbocycles. The Bertz CT molecular complexity index is 1160. The number of hydrogen-bond acceptors (Lipinski definition) is 4. The molecule has 0 aliphatic heterocycles. The van der Waals surface area contributed by atoms with E-state index in [1.165, 1.54) is 36.5 Å². The molecule has 156 valence electrons. The van der Waals surface area contributed by atoms with Crippen LogP contribution in [0.2, 0.25) is 0 Å². The van der Waals surface area contributed by atoms with E-state index in [1.54, 1.807) is 42.5 Å². The van der Waals surface area contributed by atoms with Gasteiger partial charge in [-0.05, 0) is 42.3 Å². The number of amides is 2. The van der Waals surface area contributed by atoms with Gasteiger partial charge in [-0.1, -0.05) is 42.5 Å². The van der Waals surface area contributed by atoms with Gasteiger partial charge in [0.1, 0.15) is 11.6 Å². The second kappa shape index (κ2) is 9.98. The molecule has 0 aliphatic rings. The minimum absolute atomic E-state index is 0.0537. The molecule has 0 saturated heterocycles. The molecule has 7 heteroatoms. The zero-order valence-electron chi connectivity index (χ0n) is 16.5. The summed E-state index contributed by atoms with van der Waals surface area (Å²) in [5, 5.41) is 16.7. The van der Waals surface area contributed by atoms with Crippen molar-refractivity contribution in [2.75, 3.05) is 5.32 Å². The van der Waals surface area contributed by atoms with E-state index in [9.17, 15) is 19.1 Å². The summed E-state index contributed by atoms with van der Waals surface area (Å²) < 4.78 is 13.9. The Hall–Kier alpha value is -4.26. The third-order valence-corrected chi connectivity index (χ3v) is 4.42. The van der Waals surface area contributed by atoms with Crippen LogP contribution in [0.5, 0.6) is 5.75 Å². The summed E-state index contributed by atoms with van der Waals surface area (Å²) in [5.74, 6) is -1.86. The molecule has 6 nitrogen and oxygen atoms in total. The van der Waals surface area contributed by atoms with Gasteiger partial charge >= 0.3 is 0 Å². The van der Waals surface area contributed by atoms with Crippen LogP contribution in [0.25, 0.3) is 0 Å². The van der Waals surface area contributed by atoms with Gasteiger partial charge in [-0.15, -0.1) is 6.58 Å². The highest BCUT2D eigenvalue weighted by Crippen LogP contribution is 2.22. The van der Waals surface area contributed by atoms with Crippen molar-refractivity contribution in [1.82, 2.24) is 5.43 Å². The number of para-hydroxylation sites is 2. The summed E-state index contributed by atoms with van der Waals surface area (Å²) in [5.41, 5.74) is 3.70. The van der Waals surface area contributed by atoms with Crippen LogP contribution < -0.4 is 10.7 Å². The Morgan fingerprint density at radius 3 is 2.42 bits per heavy atom. The lowest BCUT2D eigenvalue weighted by Crippen LogP contribution is -2.21. The smallest absolute Gasteiger partial charge is 0.273 e. The third kappa shape index (κ3) is 5.22. The second-order valence-corrected chi connectivity index (χ2v) is 6.53. The highest BCUT2D eigenvalue weighted by molar-refractivity contribution is 6.09. The number of carbonyl (C=O) groups is 2. The Labute approximate surface area is 178 Å². The van der Waals surface area contributed by atoms with Gasteiger partial charge in [0, 0.05) is 5.56 Å². The van der Waals surface area contributed by atoms with Crippen molar-refractivity contribution in [2.45, 2.75) is 6.42 Å². The van der Waals surface area contributed by atoms with E-state index >= 15 is 0 Å². The molecule has 3 aromatic rings. The van der Waals surface area contributed by atoms with Gasteiger partial charge in [0.05, 0.1) is 23.0 Å². The van der Waals surface area contributed by atoms with Gasteiger partial charge in [-0.2, -0.15) is 5.10 Å². The van der Waals surface area contributed by atoms with Crippen molar-refractivity contribution < 1.29 is 19.1 Å². The topological polar surface area (TPSA) is 90.8 Å². The van der Waals surface area contributed by atoms with Gasteiger partial charge in [-0.3, -0.25) is 9.59 Å². The largest absolute Gasteiger partial charge is 0.507 e. The minimum atomic E-state index is -0.675. The Balaban J connectivity index is 1.74. The number of allylic oxidation sites excluding steroid dienone is 1. The van der Waals surface area contributed by atoms with Crippen LogP contribution in [0.3, 0.4) is 0 Å². The number of anilines is 1. The molecule has 0 aliphatic carbocycles. The first kappa shape index (κ1) is 21.4. The molecule has 0 heterocycles. The molecule has 3 aromatic carbocycles. The van der Waals surface area contributed by atoms with Crippen molar-refractivity contribution in [3.63, 3.8) is 0 Å². The molecule has 31 heavy (non-hydrogen) atoms. The highest BCUT2D eigenvalue weighted by Gasteiger charge is 2.16. The normalized spacial score (nSPS) is 10.6. The van der Waals surface area contributed by atoms with Gasteiger partial charge < -0.3 is 10.4 Å². The molecule has 2 amide bonds. The first-order valence-corrected chi connectivity index (χ1v) is 9.41. The third-order valence-electron chi connectivity index (χ3n) is 4.42. The fourth-order valence-corrected chi connectivity index (χ4v) is 2.88. The molecule has 0 bridgehead atoms. The predicted octanol–water partition coefficient (Wildman–Crippen LogP) is 4.28. The Morgan fingerprint density at radius 2 is 1.68 bits per heavy atom. The summed E-state index contributed by atoms with van der Waals surface area (Å²) in [6, 6.07) is 17.0. The average molecular weight is 417 g/mol. The maximum absolute atomic E-state index is 13.9. The fraction of sp³-hybridized carbons (Fsp3) is 0.0417. The van der Waals surface area contributed by atoms with Crippen molar-refractivity contribution in [2.24, 2.45) is 5.10 Å². The van der Waals surface area contributed by atoms with Gasteiger partial charge in [0.25, 0.3) is 11.8 Å². The average Bonchev–Trinajstić information content (AvgIpc) is 2.77. The van der Waals surface area contributed by atoms with E-state index in [0.29, 0.717) is 17.5 Å². The lowest BCUT2D eigenvalue weighted by Gasteiger charge is -2.10. The van der Waals surface area contributed by atoms with E-state index in [2.05, 4.69) is 22.4 Å². The number of hydrazone groups is 1. The number of phenolic OH excluding ortho intramolecular Hbond substituents is 1. The highest BCUT2D eigenvalue weighted by atomic mass is 19.1. The van der Waals surface area contributed by atoms with E-state index in [0.717, 1.165) is 0 Å². The predicted molar refractivity (Wildman–Crippen MR) is 118 cm³/mol. The number of halogens is 1. The number of phenols is 1. The van der Waals surface area contributed by atoms with Gasteiger partial charge in [-0.25, -0.2) is 9.82 Å². The number of hydrogen-bond donors (Lipinski definition) is 3. The SMILES string of the molecule is C=CCc1cccc(C=NNC(=O)c2ccccc2NC(=O)c2ccccc2F)c1O. The van der Waals surface area contributed by atoms with Crippen molar-refractivity contribution in [1.29, 1.82) is 0 Å². The second-order valence-electron chi connectivity index (χ2n) is 6.53. The molecule has 0 spiro atoms. The van der Waals surface area contributed by atoms with Crippen LogP contribution in [0.1, 0.15) is 31.8 Å². The molecule has 0 atom stereocenters. The molecule has 3 N–H and O–H groups in total. The molecule has 0 radical (unpaired) electrons. The summed E-state index contributed by atoms with van der Waals surface area (Å²) in [4.78, 5) is 25.0. The van der Waals surface area contributed by atoms with E-state index < -0.39 is 17.6 Å². The van der Waals surface area contributed by atoms with Crippen LogP contribution in [-0.2, 0) is 6.42 Å². The minimum Gasteiger partial charge on any atom is -0.507 e. The summed E-state index contributed by atoms with van der Waals surface area (Å²) in [6.45, 7) is 3.65. The number of nitrogens with zero attached hydrogens (tertiary/aromatic N) is 1. The summed E-state index contributed by atoms with van der Waals surface area (Å²) in [7, 11) is 0. The molecule has 0 unspecified atom stereocenters. The Morgan fingerprint density at radius 1 is 0.968 bits per heavy atom. The fourth-order valence-electron chi connectivity index (χ4n) is 2.88. The lowest BCUT2D eigenvalue weighted by molar-refractivity contribution is 0.0956. The van der Waals surface area contributed by atoms with E-state index in [1.807, 2.05) is 0 Å². The van der Waals surface area contributed by atoms with E-state index in [4.69, 9.17) is 0 Å². The number of rotatable bonds is 7. The molecule has 0 aromatic heterocycles. The number of aromatic hydroxyl groups is 1. The Kier molecular flexibility index (Phi) is 6.90. The molecule has 0 fully saturated rings. The zero-order chi connectivity index (χ0) is 22.2. The first-order valence-electron chi connectivity index (χ1n) is 9.41. The quantitative estimate of drug-likeness (QED) is 0.305. The maximum atomic E-state index is 13.9. The van der Waals surface area contributed by atoms with Crippen LogP contribution in [0, 0.1) is 5.82 Å². The molecular formula is C24H20FN3O3. The summed E-state index contributed by atoms with van der Waals surface area (Å²) in [6.07, 6.45) is 3.49. The zero-order valence-corrected chi connectivity index (χ0v) is 16.5. The number of benzene rings is 3. The van der Waals surface area contributed by atoms with Gasteiger partial charge in [0.15, 0.2) is 0 Å². The molecular weight excluding hydrogens is 397 g/mol. The van der Waals surface area contributed by atoms with Crippen molar-refractivity contribution in [3.8, 4) is 5.75 Å². The van der Waals surface area contributed by atoms with Crippen LogP contribution >= 0.6 is 0 Å². The first-order chi connectivity index (χ1) is 15.0. The number of carbonyl (C=O) groups excluding carboxylic acids is 2.